The fourth-order valence-electron chi connectivity index (χ4n) is 5.86. The number of hydrogen-bond acceptors (Lipinski definition) is 6. The topological polar surface area (TPSA) is 68.4 Å². The highest BCUT2D eigenvalue weighted by Gasteiger charge is 2.41. The molecule has 4 aliphatic heterocycles. The van der Waals surface area contributed by atoms with Gasteiger partial charge in [0.05, 0.1) is 28.8 Å². The lowest BCUT2D eigenvalue weighted by Gasteiger charge is -2.45. The predicted octanol–water partition coefficient (Wildman–Crippen LogP) is 2.30. The monoisotopic (exact) mass is 527 g/mol. The summed E-state index contributed by atoms with van der Waals surface area (Å²) in [7, 11) is -1.32. The van der Waals surface area contributed by atoms with Crippen molar-refractivity contribution in [1.29, 1.82) is 0 Å². The summed E-state index contributed by atoms with van der Waals surface area (Å²) in [5, 5.41) is 4.25. The minimum atomic E-state index is -3.60. The van der Waals surface area contributed by atoms with Crippen LogP contribution in [0.15, 0.2) is 23.1 Å². The Balaban J connectivity index is 1.19. The van der Waals surface area contributed by atoms with Crippen LogP contribution in [-0.2, 0) is 14.8 Å². The van der Waals surface area contributed by atoms with Crippen molar-refractivity contribution in [2.75, 3.05) is 64.8 Å². The van der Waals surface area contributed by atoms with Gasteiger partial charge in [-0.25, -0.2) is 8.42 Å². The molecule has 4 fully saturated rings. The van der Waals surface area contributed by atoms with Crippen LogP contribution in [0.5, 0.6) is 0 Å². The lowest BCUT2D eigenvalue weighted by atomic mass is 9.96. The van der Waals surface area contributed by atoms with E-state index in [0.29, 0.717) is 48.2 Å². The first-order valence-electron chi connectivity index (χ1n) is 12.2. The molecule has 11 heteroatoms. The van der Waals surface area contributed by atoms with Crippen molar-refractivity contribution in [3.63, 3.8) is 0 Å². The molecule has 5 rings (SSSR count). The quantitative estimate of drug-likeness (QED) is 0.598. The number of fused-ring (bicyclic) bond motifs is 2. The highest BCUT2D eigenvalue weighted by Crippen LogP contribution is 2.36. The van der Waals surface area contributed by atoms with Crippen LogP contribution in [0.1, 0.15) is 25.7 Å². The zero-order valence-electron chi connectivity index (χ0n) is 19.7. The molecule has 2 atom stereocenters. The molecule has 8 nitrogen and oxygen atoms in total. The van der Waals surface area contributed by atoms with Crippen LogP contribution >= 0.6 is 23.8 Å². The zero-order chi connectivity index (χ0) is 23.9. The molecular weight excluding hydrogens is 494 g/mol. The van der Waals surface area contributed by atoms with Crippen molar-refractivity contribution in [3.8, 4) is 0 Å². The zero-order valence-corrected chi connectivity index (χ0v) is 22.0. The van der Waals surface area contributed by atoms with E-state index in [-0.39, 0.29) is 4.90 Å². The molecule has 4 aliphatic rings. The van der Waals surface area contributed by atoms with Gasteiger partial charge < -0.3 is 19.9 Å². The molecule has 2 unspecified atom stereocenters. The van der Waals surface area contributed by atoms with Gasteiger partial charge in [0.1, 0.15) is 0 Å². The number of sulfonamides is 1. The molecule has 0 saturated carbocycles. The summed E-state index contributed by atoms with van der Waals surface area (Å²) >= 11 is 12.1. The molecule has 0 aliphatic carbocycles. The third-order valence-electron chi connectivity index (χ3n) is 7.98. The van der Waals surface area contributed by atoms with Crippen LogP contribution in [-0.4, -0.2) is 110 Å². The first-order chi connectivity index (χ1) is 16.3. The highest BCUT2D eigenvalue weighted by molar-refractivity contribution is 7.89. The molecule has 0 aromatic heterocycles. The van der Waals surface area contributed by atoms with Crippen molar-refractivity contribution < 1.29 is 13.2 Å². The van der Waals surface area contributed by atoms with Gasteiger partial charge in [-0.1, -0.05) is 11.6 Å². The second-order valence-electron chi connectivity index (χ2n) is 9.79. The Morgan fingerprint density at radius 2 is 1.68 bits per heavy atom. The second kappa shape index (κ2) is 10.2. The first-order valence-corrected chi connectivity index (χ1v) is 14.4. The van der Waals surface area contributed by atoms with Gasteiger partial charge in [-0.2, -0.15) is 4.31 Å². The third kappa shape index (κ3) is 4.96. The van der Waals surface area contributed by atoms with Crippen molar-refractivity contribution in [2.24, 2.45) is 0 Å². The molecule has 4 saturated heterocycles. The van der Waals surface area contributed by atoms with Crippen LogP contribution < -0.4 is 5.32 Å². The first kappa shape index (κ1) is 24.7. The van der Waals surface area contributed by atoms with E-state index in [2.05, 4.69) is 27.1 Å². The lowest BCUT2D eigenvalue weighted by molar-refractivity contribution is 0.0542. The van der Waals surface area contributed by atoms with Crippen LogP contribution in [0.3, 0.4) is 0 Å². The average molecular weight is 528 g/mol. The minimum absolute atomic E-state index is 0.214. The summed E-state index contributed by atoms with van der Waals surface area (Å²) in [4.78, 5) is 7.60. The Hall–Kier alpha value is -1.01. The van der Waals surface area contributed by atoms with Gasteiger partial charge in [0.2, 0.25) is 10.0 Å². The van der Waals surface area contributed by atoms with Gasteiger partial charge >= 0.3 is 0 Å². The van der Waals surface area contributed by atoms with Gasteiger partial charge in [-0.05, 0) is 63.1 Å². The SMILES string of the molecule is CN1C2CCC1CC(N1CCN(C(=S)Nc3cc(S(=O)(=O)N4CCOCC4)ccc3Cl)CC1)C2. The van der Waals surface area contributed by atoms with E-state index < -0.39 is 10.0 Å². The fraction of sp³-hybridized carbons (Fsp3) is 0.696. The molecule has 1 N–H and O–H groups in total. The number of hydrogen-bond donors (Lipinski definition) is 1. The number of rotatable bonds is 4. The van der Waals surface area contributed by atoms with E-state index in [0.717, 1.165) is 38.3 Å². The van der Waals surface area contributed by atoms with E-state index in [1.165, 1.54) is 30.0 Å². The van der Waals surface area contributed by atoms with Gasteiger partial charge in [0.25, 0.3) is 0 Å². The third-order valence-corrected chi connectivity index (χ3v) is 10.6. The van der Waals surface area contributed by atoms with Crippen molar-refractivity contribution in [1.82, 2.24) is 19.0 Å². The number of halogens is 1. The van der Waals surface area contributed by atoms with Crippen LogP contribution in [0, 0.1) is 0 Å². The molecule has 0 amide bonds. The number of piperazine rings is 1. The molecule has 0 radical (unpaired) electrons. The minimum Gasteiger partial charge on any atom is -0.379 e. The standard InChI is InChI=1S/C23H34ClN5O3S2/c1-26-17-2-3-18(26)15-19(14-17)27-6-8-28(9-7-27)23(33)25-22-16-20(4-5-21(22)24)34(30,31)29-10-12-32-13-11-29/h4-5,16-19H,2-3,6-15H2,1H3,(H,25,33). The van der Waals surface area contributed by atoms with Crippen LogP contribution in [0.2, 0.25) is 5.02 Å². The van der Waals surface area contributed by atoms with Crippen molar-refractivity contribution in [2.45, 2.75) is 48.7 Å². The smallest absolute Gasteiger partial charge is 0.243 e. The number of nitrogens with one attached hydrogen (secondary N) is 1. The Kier molecular flexibility index (Phi) is 7.37. The summed E-state index contributed by atoms with van der Waals surface area (Å²) in [6, 6.07) is 6.92. The van der Waals surface area contributed by atoms with Gasteiger partial charge in [-0.15, -0.1) is 0 Å². The number of ether oxygens (including phenoxy) is 1. The Morgan fingerprint density at radius 1 is 1.03 bits per heavy atom. The van der Waals surface area contributed by atoms with Crippen LogP contribution in [0.4, 0.5) is 5.69 Å². The number of benzene rings is 1. The van der Waals surface area contributed by atoms with E-state index in [9.17, 15) is 8.42 Å². The van der Waals surface area contributed by atoms with E-state index >= 15 is 0 Å². The maximum Gasteiger partial charge on any atom is 0.243 e. The van der Waals surface area contributed by atoms with Gasteiger partial charge in [0, 0.05) is 57.4 Å². The molecule has 2 bridgehead atoms. The molecule has 1 aromatic carbocycles. The number of thiocarbonyl (C=S) groups is 1. The lowest BCUT2D eigenvalue weighted by Crippen LogP contribution is -2.56. The molecule has 0 spiro atoms. The second-order valence-corrected chi connectivity index (χ2v) is 12.5. The summed E-state index contributed by atoms with van der Waals surface area (Å²) in [5.74, 6) is 0. The fourth-order valence-corrected chi connectivity index (χ4v) is 7.75. The number of piperidine rings is 1. The van der Waals surface area contributed by atoms with Crippen molar-refractivity contribution in [3.05, 3.63) is 23.2 Å². The maximum absolute atomic E-state index is 13.0. The number of morpholine rings is 1. The molecule has 34 heavy (non-hydrogen) atoms. The molecule has 188 valence electrons. The van der Waals surface area contributed by atoms with E-state index in [4.69, 9.17) is 28.6 Å². The van der Waals surface area contributed by atoms with E-state index in [1.54, 1.807) is 18.2 Å². The summed E-state index contributed by atoms with van der Waals surface area (Å²) in [6.45, 7) is 5.24. The summed E-state index contributed by atoms with van der Waals surface area (Å²) in [6.07, 6.45) is 5.23. The predicted molar refractivity (Wildman–Crippen MR) is 138 cm³/mol. The Bertz CT molecular complexity index is 998. The average Bonchev–Trinajstić information content (AvgIpc) is 3.05. The summed E-state index contributed by atoms with van der Waals surface area (Å²) in [5.41, 5.74) is 0.523. The normalized spacial score (nSPS) is 29.4. The van der Waals surface area contributed by atoms with Gasteiger partial charge in [-0.3, -0.25) is 4.90 Å². The molecule has 1 aromatic rings. The van der Waals surface area contributed by atoms with E-state index in [1.807, 2.05) is 0 Å². The molecular formula is C23H34ClN5O3S2. The Labute approximate surface area is 213 Å². The van der Waals surface area contributed by atoms with Crippen molar-refractivity contribution >= 4 is 44.6 Å². The number of nitrogens with zero attached hydrogens (tertiary/aromatic N) is 4. The maximum atomic E-state index is 13.0. The number of anilines is 1. The van der Waals surface area contributed by atoms with Gasteiger partial charge in [0.15, 0.2) is 5.11 Å². The Morgan fingerprint density at radius 3 is 2.32 bits per heavy atom. The highest BCUT2D eigenvalue weighted by atomic mass is 35.5. The van der Waals surface area contributed by atoms with Crippen LogP contribution in [0.25, 0.3) is 0 Å². The summed E-state index contributed by atoms with van der Waals surface area (Å²) < 4.78 is 32.8. The molecule has 4 heterocycles. The largest absolute Gasteiger partial charge is 0.379 e.